The smallest absolute Gasteiger partial charge is 0.187 e. The molecule has 0 bridgehead atoms. The molecule has 1 aliphatic rings. The molecular formula is C12H24O11. The minimum atomic E-state index is -1.85. The van der Waals surface area contributed by atoms with Gasteiger partial charge in [0, 0.05) is 0 Å². The van der Waals surface area contributed by atoms with Gasteiger partial charge in [0.2, 0.25) is 0 Å². The number of hydrogen-bond donors (Lipinski definition) is 9. The maximum Gasteiger partial charge on any atom is 0.187 e. The Kier molecular flexibility index (Phi) is 8.20. The molecular weight excluding hydrogens is 320 g/mol. The van der Waals surface area contributed by atoms with E-state index < -0.39 is 74.9 Å². The summed E-state index contributed by atoms with van der Waals surface area (Å²) in [4.78, 5) is 0. The lowest BCUT2D eigenvalue weighted by Crippen LogP contribution is -2.61. The van der Waals surface area contributed by atoms with E-state index >= 15 is 0 Å². The summed E-state index contributed by atoms with van der Waals surface area (Å²) in [5.74, 6) is 0. The zero-order valence-corrected chi connectivity index (χ0v) is 12.2. The topological polar surface area (TPSA) is 201 Å². The molecule has 11 heteroatoms. The highest BCUT2D eigenvalue weighted by Crippen LogP contribution is 2.24. The van der Waals surface area contributed by atoms with Crippen molar-refractivity contribution in [2.45, 2.75) is 55.1 Å². The van der Waals surface area contributed by atoms with Gasteiger partial charge in [-0.15, -0.1) is 0 Å². The second-order valence-electron chi connectivity index (χ2n) is 5.29. The Morgan fingerprint density at radius 1 is 0.826 bits per heavy atom. The van der Waals surface area contributed by atoms with Gasteiger partial charge >= 0.3 is 0 Å². The zero-order valence-electron chi connectivity index (χ0n) is 12.2. The van der Waals surface area contributed by atoms with Crippen molar-refractivity contribution in [3.05, 3.63) is 0 Å². The SMILES string of the molecule is OC[C@H](O)[C@@H](O)[C@H](O[C@H]1O[C@H](CO)[C@@H](O)[C@H](O)[C@H]1O)[C@@H](O)CO. The van der Waals surface area contributed by atoms with Crippen LogP contribution in [-0.2, 0) is 9.47 Å². The molecule has 138 valence electrons. The molecule has 0 amide bonds. The van der Waals surface area contributed by atoms with Crippen LogP contribution in [0, 0.1) is 0 Å². The quantitative estimate of drug-likeness (QED) is 0.203. The van der Waals surface area contributed by atoms with Gasteiger partial charge in [-0.05, 0) is 0 Å². The Labute approximate surface area is 131 Å². The number of hydrogen-bond acceptors (Lipinski definition) is 11. The van der Waals surface area contributed by atoms with E-state index in [1.165, 1.54) is 0 Å². The molecule has 0 aromatic rings. The second kappa shape index (κ2) is 9.15. The summed E-state index contributed by atoms with van der Waals surface area (Å²) >= 11 is 0. The van der Waals surface area contributed by atoms with Crippen LogP contribution in [0.15, 0.2) is 0 Å². The Hall–Kier alpha value is -0.440. The summed E-state index contributed by atoms with van der Waals surface area (Å²) in [7, 11) is 0. The second-order valence-corrected chi connectivity index (χ2v) is 5.29. The lowest BCUT2D eigenvalue weighted by molar-refractivity contribution is -0.327. The number of aliphatic hydroxyl groups is 9. The molecule has 0 aromatic heterocycles. The van der Waals surface area contributed by atoms with Crippen molar-refractivity contribution in [3.63, 3.8) is 0 Å². The summed E-state index contributed by atoms with van der Waals surface area (Å²) in [5, 5.41) is 84.9. The van der Waals surface area contributed by atoms with Crippen molar-refractivity contribution in [2.24, 2.45) is 0 Å². The van der Waals surface area contributed by atoms with E-state index in [0.29, 0.717) is 0 Å². The predicted molar refractivity (Wildman–Crippen MR) is 70.8 cm³/mol. The summed E-state index contributed by atoms with van der Waals surface area (Å²) < 4.78 is 10.1. The molecule has 0 unspecified atom stereocenters. The fourth-order valence-electron chi connectivity index (χ4n) is 2.16. The third-order valence-corrected chi connectivity index (χ3v) is 3.62. The average molecular weight is 344 g/mol. The largest absolute Gasteiger partial charge is 0.394 e. The molecule has 0 saturated carbocycles. The highest BCUT2D eigenvalue weighted by atomic mass is 16.7. The number of ether oxygens (including phenoxy) is 2. The van der Waals surface area contributed by atoms with E-state index in [9.17, 15) is 30.6 Å². The lowest BCUT2D eigenvalue weighted by Gasteiger charge is -2.42. The highest BCUT2D eigenvalue weighted by Gasteiger charge is 2.46. The fourth-order valence-corrected chi connectivity index (χ4v) is 2.16. The first-order valence-corrected chi connectivity index (χ1v) is 7.00. The molecule has 1 aliphatic heterocycles. The molecule has 0 aromatic carbocycles. The van der Waals surface area contributed by atoms with E-state index in [4.69, 9.17) is 24.8 Å². The maximum atomic E-state index is 9.83. The number of aliphatic hydroxyl groups excluding tert-OH is 9. The first kappa shape index (κ1) is 20.6. The molecule has 0 aliphatic carbocycles. The third-order valence-electron chi connectivity index (χ3n) is 3.62. The van der Waals surface area contributed by atoms with Crippen molar-refractivity contribution in [1.29, 1.82) is 0 Å². The normalized spacial score (nSPS) is 37.2. The van der Waals surface area contributed by atoms with Crippen molar-refractivity contribution >= 4 is 0 Å². The van der Waals surface area contributed by atoms with Gasteiger partial charge in [0.25, 0.3) is 0 Å². The van der Waals surface area contributed by atoms with Crippen molar-refractivity contribution in [1.82, 2.24) is 0 Å². The fraction of sp³-hybridized carbons (Fsp3) is 1.00. The van der Waals surface area contributed by atoms with Crippen LogP contribution in [0.3, 0.4) is 0 Å². The first-order valence-electron chi connectivity index (χ1n) is 7.00. The molecule has 1 fully saturated rings. The van der Waals surface area contributed by atoms with Gasteiger partial charge in [-0.3, -0.25) is 0 Å². The van der Waals surface area contributed by atoms with Crippen molar-refractivity contribution in [2.75, 3.05) is 19.8 Å². The Bertz CT molecular complexity index is 341. The zero-order chi connectivity index (χ0) is 17.7. The van der Waals surface area contributed by atoms with E-state index in [-0.39, 0.29) is 0 Å². The lowest BCUT2D eigenvalue weighted by atomic mass is 9.98. The summed E-state index contributed by atoms with van der Waals surface area (Å²) in [5.41, 5.74) is 0. The minimum absolute atomic E-state index is 0.708. The molecule has 1 rings (SSSR count). The Morgan fingerprint density at radius 3 is 1.87 bits per heavy atom. The van der Waals surface area contributed by atoms with Crippen molar-refractivity contribution in [3.8, 4) is 0 Å². The molecule has 0 spiro atoms. The average Bonchev–Trinajstić information content (AvgIpc) is 2.57. The van der Waals surface area contributed by atoms with Crippen LogP contribution in [0.2, 0.25) is 0 Å². The van der Waals surface area contributed by atoms with Crippen LogP contribution < -0.4 is 0 Å². The molecule has 9 N–H and O–H groups in total. The molecule has 9 atom stereocenters. The number of rotatable bonds is 8. The standard InChI is InChI=1S/C12H24O11/c13-1-4(16)7(18)11(5(17)2-14)23-12-10(21)9(20)8(19)6(3-15)22-12/h4-21H,1-3H2/t4-,5-,6+,7+,8+,9-,10+,11+,12+/m0/s1. The van der Waals surface area contributed by atoms with Gasteiger partial charge < -0.3 is 55.4 Å². The van der Waals surface area contributed by atoms with Crippen LogP contribution in [0.5, 0.6) is 0 Å². The maximum absolute atomic E-state index is 9.83. The molecule has 23 heavy (non-hydrogen) atoms. The van der Waals surface area contributed by atoms with E-state index in [1.54, 1.807) is 0 Å². The monoisotopic (exact) mass is 344 g/mol. The summed E-state index contributed by atoms with van der Waals surface area (Å²) in [6, 6.07) is 0. The highest BCUT2D eigenvalue weighted by molar-refractivity contribution is 4.91. The van der Waals surface area contributed by atoms with Gasteiger partial charge in [0.1, 0.15) is 48.8 Å². The molecule has 1 heterocycles. The van der Waals surface area contributed by atoms with Gasteiger partial charge in [-0.2, -0.15) is 0 Å². The third kappa shape index (κ3) is 4.78. The Balaban J connectivity index is 2.89. The van der Waals surface area contributed by atoms with Crippen LogP contribution in [0.4, 0.5) is 0 Å². The van der Waals surface area contributed by atoms with E-state index in [2.05, 4.69) is 0 Å². The van der Waals surface area contributed by atoms with E-state index in [1.807, 2.05) is 0 Å². The minimum Gasteiger partial charge on any atom is -0.394 e. The molecule has 11 nitrogen and oxygen atoms in total. The molecule has 1 saturated heterocycles. The summed E-state index contributed by atoms with van der Waals surface area (Å²) in [6.45, 7) is -2.45. The van der Waals surface area contributed by atoms with Crippen LogP contribution in [0.25, 0.3) is 0 Å². The van der Waals surface area contributed by atoms with Gasteiger partial charge in [-0.1, -0.05) is 0 Å². The predicted octanol–water partition coefficient (Wildman–Crippen LogP) is -5.76. The van der Waals surface area contributed by atoms with Gasteiger partial charge in [0.05, 0.1) is 19.8 Å². The van der Waals surface area contributed by atoms with Crippen LogP contribution in [-0.4, -0.2) is 121 Å². The summed E-state index contributed by atoms with van der Waals surface area (Å²) in [6.07, 6.45) is -15.1. The van der Waals surface area contributed by atoms with E-state index in [0.717, 1.165) is 0 Å². The van der Waals surface area contributed by atoms with Crippen LogP contribution >= 0.6 is 0 Å². The van der Waals surface area contributed by atoms with Gasteiger partial charge in [0.15, 0.2) is 6.29 Å². The van der Waals surface area contributed by atoms with Crippen LogP contribution in [0.1, 0.15) is 0 Å². The van der Waals surface area contributed by atoms with Crippen molar-refractivity contribution < 1.29 is 55.4 Å². The molecule has 0 radical (unpaired) electrons. The first-order chi connectivity index (χ1) is 10.8. The van der Waals surface area contributed by atoms with Gasteiger partial charge in [-0.25, -0.2) is 0 Å². The Morgan fingerprint density at radius 2 is 1.39 bits per heavy atom.